The largest absolute Gasteiger partial charge is 0.508 e. The van der Waals surface area contributed by atoms with Gasteiger partial charge in [0.15, 0.2) is 6.29 Å². The molecule has 1 aliphatic rings. The van der Waals surface area contributed by atoms with Gasteiger partial charge in [-0.3, -0.25) is 4.79 Å². The van der Waals surface area contributed by atoms with E-state index >= 15 is 0 Å². The second-order valence-corrected chi connectivity index (χ2v) is 13.0. The smallest absolute Gasteiger partial charge is 0.465 e. The maximum atomic E-state index is 12.5. The molecule has 46 heavy (non-hydrogen) atoms. The molecule has 0 aromatic heterocycles. The van der Waals surface area contributed by atoms with Gasteiger partial charge in [0.25, 0.3) is 0 Å². The summed E-state index contributed by atoms with van der Waals surface area (Å²) in [4.78, 5) is 27.3. The molecular weight excluding hydrogens is 582 g/mol. The van der Waals surface area contributed by atoms with Crippen LogP contribution in [0.2, 0.25) is 0 Å². The van der Waals surface area contributed by atoms with Crippen LogP contribution in [0.25, 0.3) is 0 Å². The van der Waals surface area contributed by atoms with Gasteiger partial charge in [-0.1, -0.05) is 115 Å². The zero-order valence-corrected chi connectivity index (χ0v) is 29.4. The number of esters is 1. The normalized spacial score (nSPS) is 14.8. The lowest BCUT2D eigenvalue weighted by molar-refractivity contribution is -0.160. The minimum absolute atomic E-state index is 0.0959. The van der Waals surface area contributed by atoms with Gasteiger partial charge in [0.1, 0.15) is 13.2 Å². The van der Waals surface area contributed by atoms with Crippen LogP contribution in [0.3, 0.4) is 0 Å². The van der Waals surface area contributed by atoms with Gasteiger partial charge >= 0.3 is 12.1 Å². The Balaban J connectivity index is 1.65. The third kappa shape index (κ3) is 20.2. The van der Waals surface area contributed by atoms with Crippen molar-refractivity contribution in [1.29, 1.82) is 0 Å². The number of benzene rings is 1. The van der Waals surface area contributed by atoms with Crippen LogP contribution in [0.4, 0.5) is 4.79 Å². The fourth-order valence-electron chi connectivity index (χ4n) is 5.68. The molecule has 2 atom stereocenters. The van der Waals surface area contributed by atoms with Crippen LogP contribution in [0.15, 0.2) is 30.3 Å². The van der Waals surface area contributed by atoms with E-state index in [-0.39, 0.29) is 50.3 Å². The van der Waals surface area contributed by atoms with Crippen LogP contribution in [-0.2, 0) is 28.5 Å². The molecule has 264 valence electrons. The molecule has 0 N–H and O–H groups in total. The van der Waals surface area contributed by atoms with Crippen molar-refractivity contribution in [3.63, 3.8) is 0 Å². The lowest BCUT2D eigenvalue weighted by Gasteiger charge is -2.23. The van der Waals surface area contributed by atoms with Crippen LogP contribution in [0.1, 0.15) is 135 Å². The Morgan fingerprint density at radius 1 is 0.717 bits per heavy atom. The number of unbranched alkanes of at least 4 members (excludes halogenated alkanes) is 10. The lowest BCUT2D eigenvalue weighted by Crippen LogP contribution is -2.29. The number of likely N-dealkylation sites (tertiary alicyclic amines) is 1. The van der Waals surface area contributed by atoms with E-state index in [1.807, 2.05) is 25.1 Å². The summed E-state index contributed by atoms with van der Waals surface area (Å²) in [6, 6.07) is 10.2. The molecule has 1 fully saturated rings. The van der Waals surface area contributed by atoms with Crippen molar-refractivity contribution in [1.82, 2.24) is 4.90 Å². The SMILES string of the molecule is CCCCCCCCOC(CCC(=O)OCC(C)COC(=O)OCC(CN1CCCC1)c1ccccc1)OCCCCCCCC. The van der Waals surface area contributed by atoms with Gasteiger partial charge in [0.2, 0.25) is 0 Å². The predicted octanol–water partition coefficient (Wildman–Crippen LogP) is 9.06. The Morgan fingerprint density at radius 2 is 1.26 bits per heavy atom. The van der Waals surface area contributed by atoms with E-state index in [4.69, 9.17) is 23.7 Å². The van der Waals surface area contributed by atoms with Crippen LogP contribution in [0, 0.1) is 5.92 Å². The number of carbonyl (C=O) groups is 2. The number of nitrogens with zero attached hydrogens (tertiary/aromatic N) is 1. The van der Waals surface area contributed by atoms with Crippen molar-refractivity contribution < 1.29 is 33.3 Å². The first kappa shape index (κ1) is 40.0. The number of carbonyl (C=O) groups excluding carboxylic acids is 2. The summed E-state index contributed by atoms with van der Waals surface area (Å²) < 4.78 is 28.4. The van der Waals surface area contributed by atoms with Crippen molar-refractivity contribution in [2.45, 2.75) is 136 Å². The summed E-state index contributed by atoms with van der Waals surface area (Å²) in [7, 11) is 0. The van der Waals surface area contributed by atoms with Gasteiger partial charge in [-0.05, 0) is 44.3 Å². The fraction of sp³-hybridized carbons (Fsp3) is 0.789. The monoisotopic (exact) mass is 647 g/mol. The Bertz CT molecular complexity index is 859. The second-order valence-electron chi connectivity index (χ2n) is 13.0. The molecule has 1 aliphatic heterocycles. The molecule has 0 amide bonds. The highest BCUT2D eigenvalue weighted by atomic mass is 16.7. The molecule has 0 aliphatic carbocycles. The van der Waals surface area contributed by atoms with Gasteiger partial charge in [-0.25, -0.2) is 4.79 Å². The molecular formula is C38H65NO7. The fourth-order valence-corrected chi connectivity index (χ4v) is 5.68. The Hall–Kier alpha value is -2.16. The highest BCUT2D eigenvalue weighted by Crippen LogP contribution is 2.21. The lowest BCUT2D eigenvalue weighted by atomic mass is 9.99. The van der Waals surface area contributed by atoms with E-state index in [2.05, 4.69) is 30.9 Å². The van der Waals surface area contributed by atoms with Gasteiger partial charge in [0.05, 0.1) is 13.0 Å². The van der Waals surface area contributed by atoms with Gasteiger partial charge in [-0.2, -0.15) is 0 Å². The van der Waals surface area contributed by atoms with Crippen molar-refractivity contribution in [3.8, 4) is 0 Å². The molecule has 1 saturated heterocycles. The molecule has 8 heteroatoms. The van der Waals surface area contributed by atoms with Crippen molar-refractivity contribution in [2.24, 2.45) is 5.92 Å². The van der Waals surface area contributed by atoms with E-state index in [9.17, 15) is 9.59 Å². The molecule has 2 rings (SSSR count). The highest BCUT2D eigenvalue weighted by Gasteiger charge is 2.21. The predicted molar refractivity (Wildman–Crippen MR) is 184 cm³/mol. The number of hydrogen-bond acceptors (Lipinski definition) is 8. The Kier molecular flexibility index (Phi) is 23.4. The third-order valence-corrected chi connectivity index (χ3v) is 8.55. The van der Waals surface area contributed by atoms with E-state index in [0.717, 1.165) is 50.9 Å². The highest BCUT2D eigenvalue weighted by molar-refractivity contribution is 5.69. The molecule has 0 spiro atoms. The minimum Gasteiger partial charge on any atom is -0.465 e. The summed E-state index contributed by atoms with van der Waals surface area (Å²) in [5, 5.41) is 0. The quantitative estimate of drug-likeness (QED) is 0.0506. The number of ether oxygens (including phenoxy) is 5. The topological polar surface area (TPSA) is 83.5 Å². The van der Waals surface area contributed by atoms with Gasteiger partial charge in [-0.15, -0.1) is 0 Å². The van der Waals surface area contributed by atoms with Crippen LogP contribution in [-0.4, -0.2) is 76.0 Å². The molecule has 0 saturated carbocycles. The maximum absolute atomic E-state index is 12.5. The first-order valence-corrected chi connectivity index (χ1v) is 18.5. The molecule has 0 radical (unpaired) electrons. The first-order valence-electron chi connectivity index (χ1n) is 18.5. The van der Waals surface area contributed by atoms with Crippen molar-refractivity contribution >= 4 is 12.1 Å². The van der Waals surface area contributed by atoms with E-state index in [1.54, 1.807) is 0 Å². The summed E-state index contributed by atoms with van der Waals surface area (Å²) in [6.07, 6.45) is 16.5. The third-order valence-electron chi connectivity index (χ3n) is 8.55. The average Bonchev–Trinajstić information content (AvgIpc) is 3.59. The summed E-state index contributed by atoms with van der Waals surface area (Å²) in [5.41, 5.74) is 1.16. The van der Waals surface area contributed by atoms with Gasteiger partial charge < -0.3 is 28.6 Å². The second kappa shape index (κ2) is 26.9. The molecule has 1 aromatic rings. The van der Waals surface area contributed by atoms with Crippen LogP contribution >= 0.6 is 0 Å². The van der Waals surface area contributed by atoms with Crippen molar-refractivity contribution in [3.05, 3.63) is 35.9 Å². The standard InChI is InChI=1S/C38H65NO7/c1-4-6-8-10-12-19-27-42-37(43-28-20-13-11-9-7-5-2)24-23-36(40)44-30-33(3)31-45-38(41)46-32-35(29-39-25-17-18-26-39)34-21-15-14-16-22-34/h14-16,21-22,33,35,37H,4-13,17-20,23-32H2,1-3H3. The maximum Gasteiger partial charge on any atom is 0.508 e. The minimum atomic E-state index is -0.687. The van der Waals surface area contributed by atoms with Crippen LogP contribution < -0.4 is 0 Å². The summed E-state index contributed by atoms with van der Waals surface area (Å²) in [6.45, 7) is 11.2. The van der Waals surface area contributed by atoms with E-state index in [0.29, 0.717) is 19.6 Å². The summed E-state index contributed by atoms with van der Waals surface area (Å²) in [5.74, 6) is -0.341. The molecule has 8 nitrogen and oxygen atoms in total. The molecule has 1 heterocycles. The van der Waals surface area contributed by atoms with E-state index in [1.165, 1.54) is 64.2 Å². The first-order chi connectivity index (χ1) is 22.5. The average molecular weight is 648 g/mol. The molecule has 1 aromatic carbocycles. The summed E-state index contributed by atoms with van der Waals surface area (Å²) >= 11 is 0. The van der Waals surface area contributed by atoms with Crippen LogP contribution in [0.5, 0.6) is 0 Å². The number of hydrogen-bond donors (Lipinski definition) is 0. The van der Waals surface area contributed by atoms with Crippen molar-refractivity contribution in [2.75, 3.05) is 52.7 Å². The zero-order valence-electron chi connectivity index (χ0n) is 29.4. The molecule has 2 unspecified atom stereocenters. The van der Waals surface area contributed by atoms with Gasteiger partial charge in [0, 0.05) is 38.0 Å². The Labute approximate surface area is 280 Å². The zero-order chi connectivity index (χ0) is 33.1. The number of rotatable bonds is 28. The molecule has 0 bridgehead atoms. The van der Waals surface area contributed by atoms with E-state index < -0.39 is 6.16 Å². The Morgan fingerprint density at radius 3 is 1.87 bits per heavy atom.